The van der Waals surface area contributed by atoms with Crippen molar-refractivity contribution in [2.75, 3.05) is 12.3 Å². The van der Waals surface area contributed by atoms with Crippen LogP contribution in [0.15, 0.2) is 35.6 Å². The fourth-order valence-corrected chi connectivity index (χ4v) is 2.78. The molecule has 0 aliphatic rings. The Morgan fingerprint density at radius 1 is 1.37 bits per heavy atom. The molecule has 0 saturated heterocycles. The lowest BCUT2D eigenvalue weighted by molar-refractivity contribution is 0.582. The van der Waals surface area contributed by atoms with Gasteiger partial charge in [0.15, 0.2) is 5.82 Å². The van der Waals surface area contributed by atoms with E-state index in [1.807, 2.05) is 12.1 Å². The second-order valence-electron chi connectivity index (χ2n) is 4.06. The summed E-state index contributed by atoms with van der Waals surface area (Å²) >= 11 is 0. The summed E-state index contributed by atoms with van der Waals surface area (Å²) < 4.78 is 27.9. The average Bonchev–Trinajstić information content (AvgIpc) is 2.70. The van der Waals surface area contributed by atoms with Crippen LogP contribution in [0, 0.1) is 0 Å². The number of nitrogens with zero attached hydrogens (tertiary/aromatic N) is 3. The molecule has 19 heavy (non-hydrogen) atoms. The second-order valence-corrected chi connectivity index (χ2v) is 5.79. The van der Waals surface area contributed by atoms with Crippen LogP contribution < -0.4 is 10.5 Å². The van der Waals surface area contributed by atoms with Gasteiger partial charge in [-0.3, -0.25) is 9.67 Å². The Morgan fingerprint density at radius 2 is 2.05 bits per heavy atom. The van der Waals surface area contributed by atoms with Gasteiger partial charge in [-0.15, -0.1) is 0 Å². The molecule has 0 aliphatic heterocycles. The van der Waals surface area contributed by atoms with E-state index in [0.29, 0.717) is 13.0 Å². The van der Waals surface area contributed by atoms with Gasteiger partial charge in [-0.05, 0) is 24.1 Å². The van der Waals surface area contributed by atoms with Gasteiger partial charge in [-0.1, -0.05) is 0 Å². The fourth-order valence-electron chi connectivity index (χ4n) is 1.65. The zero-order chi connectivity index (χ0) is 13.9. The van der Waals surface area contributed by atoms with Gasteiger partial charge < -0.3 is 5.73 Å². The standard InChI is InChI=1S/C11H15N5O2S/c1-16-8-10(11(12)15-16)19(17,18)14-7-4-9-2-5-13-6-3-9/h2-3,5-6,8,14H,4,7H2,1H3,(H2,12,15). The first kappa shape index (κ1) is 13.5. The molecule has 0 unspecified atom stereocenters. The first-order valence-electron chi connectivity index (χ1n) is 5.67. The van der Waals surface area contributed by atoms with Gasteiger partial charge in [-0.2, -0.15) is 5.10 Å². The van der Waals surface area contributed by atoms with E-state index in [-0.39, 0.29) is 10.7 Å². The smallest absolute Gasteiger partial charge is 0.245 e. The molecular weight excluding hydrogens is 266 g/mol. The van der Waals surface area contributed by atoms with Crippen LogP contribution in [0.25, 0.3) is 0 Å². The molecule has 2 aromatic heterocycles. The number of nitrogens with one attached hydrogen (secondary N) is 1. The molecule has 7 nitrogen and oxygen atoms in total. The van der Waals surface area contributed by atoms with Crippen molar-refractivity contribution in [3.63, 3.8) is 0 Å². The van der Waals surface area contributed by atoms with E-state index < -0.39 is 10.0 Å². The van der Waals surface area contributed by atoms with Gasteiger partial charge in [0, 0.05) is 32.2 Å². The van der Waals surface area contributed by atoms with Gasteiger partial charge >= 0.3 is 0 Å². The van der Waals surface area contributed by atoms with E-state index in [1.165, 1.54) is 10.9 Å². The first-order chi connectivity index (χ1) is 8.99. The van der Waals surface area contributed by atoms with Crippen molar-refractivity contribution in [2.45, 2.75) is 11.3 Å². The van der Waals surface area contributed by atoms with Crippen LogP contribution in [0.4, 0.5) is 5.82 Å². The highest BCUT2D eigenvalue weighted by molar-refractivity contribution is 7.89. The quantitative estimate of drug-likeness (QED) is 0.798. The maximum Gasteiger partial charge on any atom is 0.245 e. The number of hydrogen-bond acceptors (Lipinski definition) is 5. The van der Waals surface area contributed by atoms with Crippen LogP contribution in [0.1, 0.15) is 5.56 Å². The third-order valence-electron chi connectivity index (χ3n) is 2.57. The number of pyridine rings is 1. The van der Waals surface area contributed by atoms with Crippen molar-refractivity contribution in [3.8, 4) is 0 Å². The number of aryl methyl sites for hydroxylation is 1. The Balaban J connectivity index is 2.01. The van der Waals surface area contributed by atoms with E-state index in [2.05, 4.69) is 14.8 Å². The minimum absolute atomic E-state index is 0.00101. The van der Waals surface area contributed by atoms with Gasteiger partial charge in [0.25, 0.3) is 0 Å². The van der Waals surface area contributed by atoms with Crippen molar-refractivity contribution in [1.29, 1.82) is 0 Å². The average molecular weight is 281 g/mol. The molecule has 2 aromatic rings. The minimum Gasteiger partial charge on any atom is -0.381 e. The number of nitrogen functional groups attached to an aromatic ring is 1. The van der Waals surface area contributed by atoms with E-state index in [1.54, 1.807) is 19.4 Å². The predicted octanol–water partition coefficient (Wildman–Crippen LogP) is -0.0817. The number of rotatable bonds is 5. The molecule has 0 saturated carbocycles. The van der Waals surface area contributed by atoms with Crippen molar-refractivity contribution < 1.29 is 8.42 Å². The number of anilines is 1. The second kappa shape index (κ2) is 5.37. The summed E-state index contributed by atoms with van der Waals surface area (Å²) in [6.07, 6.45) is 5.30. The van der Waals surface area contributed by atoms with Crippen molar-refractivity contribution in [2.24, 2.45) is 7.05 Å². The first-order valence-corrected chi connectivity index (χ1v) is 7.15. The predicted molar refractivity (Wildman–Crippen MR) is 70.7 cm³/mol. The molecule has 0 bridgehead atoms. The van der Waals surface area contributed by atoms with Crippen LogP contribution in [0.3, 0.4) is 0 Å². The molecule has 0 atom stereocenters. The molecule has 0 fully saturated rings. The summed E-state index contributed by atoms with van der Waals surface area (Å²) in [6.45, 7) is 0.292. The SMILES string of the molecule is Cn1cc(S(=O)(=O)NCCc2ccncc2)c(N)n1. The highest BCUT2D eigenvalue weighted by Gasteiger charge is 2.19. The summed E-state index contributed by atoms with van der Waals surface area (Å²) in [6, 6.07) is 3.68. The highest BCUT2D eigenvalue weighted by atomic mass is 32.2. The van der Waals surface area contributed by atoms with Crippen LogP contribution in [0.2, 0.25) is 0 Å². The molecule has 102 valence electrons. The van der Waals surface area contributed by atoms with Crippen LogP contribution in [-0.2, 0) is 23.5 Å². The third kappa shape index (κ3) is 3.30. The third-order valence-corrected chi connectivity index (χ3v) is 4.04. The topological polar surface area (TPSA) is 103 Å². The molecule has 0 aromatic carbocycles. The molecule has 2 heterocycles. The molecule has 2 rings (SSSR count). The zero-order valence-corrected chi connectivity index (χ0v) is 11.3. The molecular formula is C11H15N5O2S. The summed E-state index contributed by atoms with van der Waals surface area (Å²) in [7, 11) is -2.00. The number of sulfonamides is 1. The molecule has 0 amide bonds. The number of nitrogens with two attached hydrogens (primary N) is 1. The van der Waals surface area contributed by atoms with E-state index >= 15 is 0 Å². The van der Waals surface area contributed by atoms with Gasteiger partial charge in [-0.25, -0.2) is 13.1 Å². The van der Waals surface area contributed by atoms with Gasteiger partial charge in [0.1, 0.15) is 4.90 Å². The molecule has 0 spiro atoms. The fraction of sp³-hybridized carbons (Fsp3) is 0.273. The highest BCUT2D eigenvalue weighted by Crippen LogP contribution is 2.14. The van der Waals surface area contributed by atoms with E-state index in [9.17, 15) is 8.42 Å². The molecule has 0 aliphatic carbocycles. The molecule has 8 heteroatoms. The summed E-state index contributed by atoms with van der Waals surface area (Å²) in [5.74, 6) is -0.00101. The lowest BCUT2D eigenvalue weighted by atomic mass is 10.2. The lowest BCUT2D eigenvalue weighted by Crippen LogP contribution is -2.26. The Bertz CT molecular complexity index is 651. The van der Waals surface area contributed by atoms with Crippen molar-refractivity contribution in [3.05, 3.63) is 36.3 Å². The maximum atomic E-state index is 12.0. The Morgan fingerprint density at radius 3 is 2.63 bits per heavy atom. The monoisotopic (exact) mass is 281 g/mol. The Hall–Kier alpha value is -1.93. The van der Waals surface area contributed by atoms with E-state index in [4.69, 9.17) is 5.73 Å². The van der Waals surface area contributed by atoms with Crippen LogP contribution in [-0.4, -0.2) is 29.7 Å². The lowest BCUT2D eigenvalue weighted by Gasteiger charge is -2.05. The zero-order valence-electron chi connectivity index (χ0n) is 10.4. The van der Waals surface area contributed by atoms with Crippen LogP contribution >= 0.6 is 0 Å². The van der Waals surface area contributed by atoms with Crippen molar-refractivity contribution in [1.82, 2.24) is 19.5 Å². The largest absolute Gasteiger partial charge is 0.381 e. The Labute approximate surface area is 111 Å². The maximum absolute atomic E-state index is 12.0. The summed E-state index contributed by atoms with van der Waals surface area (Å²) in [4.78, 5) is 3.90. The molecule has 0 radical (unpaired) electrons. The number of hydrogen-bond donors (Lipinski definition) is 2. The van der Waals surface area contributed by atoms with Crippen molar-refractivity contribution >= 4 is 15.8 Å². The van der Waals surface area contributed by atoms with E-state index in [0.717, 1.165) is 5.56 Å². The molecule has 3 N–H and O–H groups in total. The van der Waals surface area contributed by atoms with Crippen LogP contribution in [0.5, 0.6) is 0 Å². The summed E-state index contributed by atoms with van der Waals surface area (Å²) in [5.41, 5.74) is 6.56. The number of aromatic nitrogens is 3. The Kier molecular flexibility index (Phi) is 3.82. The normalized spacial score (nSPS) is 11.6. The van der Waals surface area contributed by atoms with Gasteiger partial charge in [0.2, 0.25) is 10.0 Å². The summed E-state index contributed by atoms with van der Waals surface area (Å²) in [5, 5.41) is 3.81. The minimum atomic E-state index is -3.61. The van der Waals surface area contributed by atoms with Gasteiger partial charge in [0.05, 0.1) is 0 Å².